The normalized spacial score (nSPS) is 19.0. The number of hydrogen-bond acceptors (Lipinski definition) is 7. The third kappa shape index (κ3) is 9.24. The number of carbonyl (C=O) groups excluding carboxylic acids is 2. The molecule has 2 aliphatic heterocycles. The smallest absolute Gasteiger partial charge is 0.524 e. The number of phosphoric acid groups is 1. The molecular formula is C28H35AcFN2O9PS-. The van der Waals surface area contributed by atoms with Gasteiger partial charge in [-0.25, -0.2) is 22.2 Å². The molecule has 0 aromatic heterocycles. The van der Waals surface area contributed by atoms with Crippen LogP contribution in [0.25, 0.3) is 5.32 Å². The van der Waals surface area contributed by atoms with E-state index < -0.39 is 47.0 Å². The predicted molar refractivity (Wildman–Crippen MR) is 154 cm³/mol. The van der Waals surface area contributed by atoms with Crippen LogP contribution >= 0.6 is 7.82 Å². The molecule has 2 aromatic rings. The number of amides is 2. The summed E-state index contributed by atoms with van der Waals surface area (Å²) in [5, 5.41) is 4.08. The summed E-state index contributed by atoms with van der Waals surface area (Å²) in [6.07, 6.45) is -0.854. The van der Waals surface area contributed by atoms with Crippen molar-refractivity contribution in [2.24, 2.45) is 0 Å². The molecule has 2 aliphatic rings. The van der Waals surface area contributed by atoms with Crippen LogP contribution < -0.4 is 9.42 Å². The Labute approximate surface area is 286 Å². The zero-order chi connectivity index (χ0) is 31.0. The first-order valence-electron chi connectivity index (χ1n) is 13.5. The van der Waals surface area contributed by atoms with Crippen LogP contribution in [0.1, 0.15) is 61.3 Å². The van der Waals surface area contributed by atoms with E-state index in [4.69, 9.17) is 9.26 Å². The number of benzene rings is 2. The molecule has 2 aromatic carbocycles. The first-order valence-corrected chi connectivity index (χ1v) is 16.8. The number of rotatable bonds is 9. The molecule has 15 heteroatoms. The predicted octanol–water partition coefficient (Wildman–Crippen LogP) is 4.80. The van der Waals surface area contributed by atoms with Crippen molar-refractivity contribution in [2.75, 3.05) is 29.5 Å². The fourth-order valence-corrected chi connectivity index (χ4v) is 7.66. The van der Waals surface area contributed by atoms with Crippen LogP contribution in [0.5, 0.6) is 5.75 Å². The van der Waals surface area contributed by atoms with E-state index in [1.165, 1.54) is 17.0 Å². The Hall–Kier alpha value is -1.55. The minimum absolute atomic E-state index is 0. The zero-order valence-corrected chi connectivity index (χ0v) is 30.9. The van der Waals surface area contributed by atoms with E-state index in [0.717, 1.165) is 5.56 Å². The molecule has 11 nitrogen and oxygen atoms in total. The summed E-state index contributed by atoms with van der Waals surface area (Å²) >= 11 is 0. The van der Waals surface area contributed by atoms with Crippen molar-refractivity contribution >= 4 is 35.3 Å². The van der Waals surface area contributed by atoms with Crippen molar-refractivity contribution in [3.8, 4) is 5.75 Å². The maximum absolute atomic E-state index is 15.0. The van der Waals surface area contributed by atoms with Crippen LogP contribution in [0.2, 0.25) is 0 Å². The quantitative estimate of drug-likeness (QED) is 0.338. The molecule has 2 fully saturated rings. The van der Waals surface area contributed by atoms with Gasteiger partial charge >= 0.3 is 13.9 Å². The molecule has 2 amide bonds. The third-order valence-electron chi connectivity index (χ3n) is 7.57. The largest absolute Gasteiger partial charge is 0.650 e. The van der Waals surface area contributed by atoms with Gasteiger partial charge in [0.2, 0.25) is 0 Å². The molecule has 1 atom stereocenters. The summed E-state index contributed by atoms with van der Waals surface area (Å²) in [5.74, 6) is -1.20. The van der Waals surface area contributed by atoms with Gasteiger partial charge in [0.25, 0.3) is 0 Å². The molecule has 4 rings (SSSR count). The Bertz CT molecular complexity index is 1530. The number of halogens is 1. The number of cyclic esters (lactones) is 1. The number of anilines is 1. The van der Waals surface area contributed by atoms with Crippen molar-refractivity contribution in [2.45, 2.75) is 64.4 Å². The summed E-state index contributed by atoms with van der Waals surface area (Å²) in [4.78, 5) is 45.4. The van der Waals surface area contributed by atoms with Crippen molar-refractivity contribution in [1.29, 1.82) is 0 Å². The van der Waals surface area contributed by atoms with Crippen molar-refractivity contribution in [1.82, 2.24) is 0 Å². The maximum Gasteiger partial charge on any atom is 0.524 e. The minimum Gasteiger partial charge on any atom is -0.650 e. The number of ether oxygens (including phenoxy) is 1. The SMILES string of the molecule is Cc1cc(C)c(C(C)(C)CC(=O)[N-]CC2CN(c3ccc(C4CCS(=O)(=O)CC4)c(F)c3)C(=O)O2)c(OP(=O)(O)O)c1.[Ac]. The monoisotopic (exact) mass is 852 g/mol. The maximum atomic E-state index is 15.0. The van der Waals surface area contributed by atoms with E-state index in [0.29, 0.717) is 29.5 Å². The van der Waals surface area contributed by atoms with Crippen molar-refractivity contribution < 1.29 is 90.1 Å². The Kier molecular flexibility index (Phi) is 11.6. The average Bonchev–Trinajstić information content (AvgIpc) is 3.21. The Morgan fingerprint density at radius 2 is 1.84 bits per heavy atom. The van der Waals surface area contributed by atoms with Crippen LogP contribution in [0.15, 0.2) is 30.3 Å². The average molecular weight is 853 g/mol. The number of nitrogens with zero attached hydrogens (tertiary/aromatic N) is 2. The number of carbonyl (C=O) groups is 2. The van der Waals surface area contributed by atoms with E-state index in [-0.39, 0.29) is 92.4 Å². The topological polar surface area (TPSA) is 162 Å². The van der Waals surface area contributed by atoms with Gasteiger partial charge in [-0.05, 0) is 79.3 Å². The first-order chi connectivity index (χ1) is 19.4. The molecule has 2 N–H and O–H groups in total. The second-order valence-corrected chi connectivity index (χ2v) is 15.0. The minimum atomic E-state index is -4.85. The van der Waals surface area contributed by atoms with Crippen LogP contribution in [-0.2, 0) is 29.3 Å². The van der Waals surface area contributed by atoms with Crippen LogP contribution in [0, 0.1) is 63.7 Å². The molecule has 2 heterocycles. The third-order valence-corrected chi connectivity index (χ3v) is 9.72. The van der Waals surface area contributed by atoms with E-state index >= 15 is 0 Å². The Morgan fingerprint density at radius 3 is 2.44 bits per heavy atom. The summed E-state index contributed by atoms with van der Waals surface area (Å²) in [5.41, 5.74) is 1.70. The van der Waals surface area contributed by atoms with Gasteiger partial charge in [0, 0.05) is 49.6 Å². The molecule has 0 spiro atoms. The molecule has 43 heavy (non-hydrogen) atoms. The van der Waals surface area contributed by atoms with Crippen LogP contribution in [-0.4, -0.2) is 60.9 Å². The molecule has 0 aliphatic carbocycles. The van der Waals surface area contributed by atoms with E-state index in [9.17, 15) is 36.7 Å². The number of sulfone groups is 1. The first kappa shape index (κ1) is 35.9. The van der Waals surface area contributed by atoms with Gasteiger partial charge in [-0.3, -0.25) is 14.7 Å². The van der Waals surface area contributed by atoms with E-state index in [2.05, 4.69) is 5.32 Å². The fourth-order valence-electron chi connectivity index (χ4n) is 5.77. The zero-order valence-electron chi connectivity index (χ0n) is 24.4. The van der Waals surface area contributed by atoms with Crippen LogP contribution in [0.4, 0.5) is 14.9 Å². The second-order valence-electron chi connectivity index (χ2n) is 11.6. The van der Waals surface area contributed by atoms with E-state index in [1.54, 1.807) is 39.8 Å². The fraction of sp³-hybridized carbons (Fsp3) is 0.500. The van der Waals surface area contributed by atoms with Gasteiger partial charge in [0.1, 0.15) is 27.5 Å². The Morgan fingerprint density at radius 1 is 1.19 bits per heavy atom. The molecule has 2 saturated heterocycles. The molecule has 233 valence electrons. The summed E-state index contributed by atoms with van der Waals surface area (Å²) in [6.45, 7) is 6.94. The van der Waals surface area contributed by atoms with Crippen LogP contribution in [0.3, 0.4) is 0 Å². The number of aryl methyl sites for hydroxylation is 2. The summed E-state index contributed by atoms with van der Waals surface area (Å²) in [6, 6.07) is 7.73. The van der Waals surface area contributed by atoms with Gasteiger partial charge in [0.15, 0.2) is 0 Å². The Balaban J connectivity index is 0.00000506. The second kappa shape index (κ2) is 13.8. The summed E-state index contributed by atoms with van der Waals surface area (Å²) < 4.78 is 60.2. The van der Waals surface area contributed by atoms with Gasteiger partial charge < -0.3 is 19.4 Å². The van der Waals surface area contributed by atoms with Crippen molar-refractivity contribution in [3.05, 3.63) is 63.7 Å². The molecule has 0 saturated carbocycles. The summed E-state index contributed by atoms with van der Waals surface area (Å²) in [7, 11) is -7.93. The van der Waals surface area contributed by atoms with Gasteiger partial charge in [0.05, 0.1) is 29.6 Å². The molecule has 0 bridgehead atoms. The van der Waals surface area contributed by atoms with Gasteiger partial charge in [-0.1, -0.05) is 32.5 Å². The van der Waals surface area contributed by atoms with E-state index in [1.807, 2.05) is 6.07 Å². The number of phosphoric ester groups is 1. The van der Waals surface area contributed by atoms with Gasteiger partial charge in [-0.15, -0.1) is 0 Å². The standard InChI is InChI=1S/C28H36FN2O9PS.Ac/c1-17-11-18(2)26(24(12-17)40-41(34,35)36)28(3,4)14-25(32)30-15-21-16-31(27(33)39-21)20-5-6-22(23(29)13-20)19-7-9-42(37,38)10-8-19;/h5-6,11-13,19,21H,7-10,14-16H2,1-4H3,(H3,30,32,34,35,36);/p-1. The van der Waals surface area contributed by atoms with Gasteiger partial charge in [-0.2, -0.15) is 0 Å². The number of hydrogen-bond donors (Lipinski definition) is 2. The molecule has 1 unspecified atom stereocenters. The van der Waals surface area contributed by atoms with Crippen molar-refractivity contribution in [3.63, 3.8) is 0 Å². The molecular weight excluding hydrogens is 817 g/mol. The molecule has 1 radical (unpaired) electrons.